The molecule has 1 saturated carbocycles. The van der Waals surface area contributed by atoms with Crippen LogP contribution in [0.15, 0.2) is 12.1 Å². The van der Waals surface area contributed by atoms with E-state index in [-0.39, 0.29) is 29.6 Å². The Labute approximate surface area is 166 Å². The molecular weight excluding hydrogens is 392 g/mol. The van der Waals surface area contributed by atoms with Gasteiger partial charge in [-0.05, 0) is 43.4 Å². The number of halogens is 1. The van der Waals surface area contributed by atoms with Crippen LogP contribution in [0.3, 0.4) is 0 Å². The lowest BCUT2D eigenvalue weighted by Gasteiger charge is -2.25. The first kappa shape index (κ1) is 19.7. The van der Waals surface area contributed by atoms with Crippen LogP contribution < -0.4 is 5.32 Å². The maximum Gasteiger partial charge on any atom is 0.243 e. The number of nitrogens with one attached hydrogen (secondary N) is 1. The molecule has 3 rings (SSSR count). The van der Waals surface area contributed by atoms with Crippen molar-refractivity contribution in [3.63, 3.8) is 0 Å². The highest BCUT2D eigenvalue weighted by Gasteiger charge is 2.51. The first-order valence-corrected chi connectivity index (χ1v) is 11.5. The molecule has 1 aliphatic heterocycles. The van der Waals surface area contributed by atoms with E-state index in [1.54, 1.807) is 17.8 Å². The van der Waals surface area contributed by atoms with Crippen LogP contribution in [0.4, 0.5) is 0 Å². The van der Waals surface area contributed by atoms with Crippen molar-refractivity contribution >= 4 is 52.4 Å². The zero-order valence-corrected chi connectivity index (χ0v) is 17.1. The van der Waals surface area contributed by atoms with Gasteiger partial charge in [0, 0.05) is 4.88 Å². The molecule has 1 aromatic heterocycles. The molecule has 0 spiro atoms. The largest absolute Gasteiger partial charge is 0.349 e. The molecule has 3 atom stereocenters. The van der Waals surface area contributed by atoms with Crippen LogP contribution >= 0.6 is 34.7 Å². The molecule has 1 N–H and O–H groups in total. The lowest BCUT2D eigenvalue weighted by Crippen LogP contribution is -2.50. The van der Waals surface area contributed by atoms with Crippen molar-refractivity contribution in [1.29, 1.82) is 0 Å². The van der Waals surface area contributed by atoms with Gasteiger partial charge in [0.05, 0.1) is 22.7 Å². The fraction of sp³-hybridized carbons (Fsp3) is 0.611. The summed E-state index contributed by atoms with van der Waals surface area (Å²) >= 11 is 8.94. The number of likely N-dealkylation sites (tertiary alicyclic amines) is 1. The second-order valence-electron chi connectivity index (χ2n) is 6.76. The van der Waals surface area contributed by atoms with E-state index in [0.717, 1.165) is 36.3 Å². The summed E-state index contributed by atoms with van der Waals surface area (Å²) in [4.78, 5) is 40.7. The molecule has 142 valence electrons. The molecule has 2 fully saturated rings. The van der Waals surface area contributed by atoms with Crippen LogP contribution in [0.1, 0.15) is 37.0 Å². The summed E-state index contributed by atoms with van der Waals surface area (Å²) in [5, 5.41) is 2.88. The minimum atomic E-state index is -0.719. The second kappa shape index (κ2) is 8.76. The maximum atomic E-state index is 12.8. The van der Waals surface area contributed by atoms with Gasteiger partial charge < -0.3 is 5.32 Å². The highest BCUT2D eigenvalue weighted by atomic mass is 35.5. The molecule has 1 aromatic rings. The minimum Gasteiger partial charge on any atom is -0.349 e. The number of rotatable bonds is 7. The summed E-state index contributed by atoms with van der Waals surface area (Å²) in [6.45, 7) is 0.356. The number of hydrogen-bond donors (Lipinski definition) is 1. The monoisotopic (exact) mass is 414 g/mol. The fourth-order valence-corrected chi connectivity index (χ4v) is 5.33. The molecular formula is C18H23ClN2O3S2. The summed E-state index contributed by atoms with van der Waals surface area (Å²) in [6, 6.07) is 2.94. The lowest BCUT2D eigenvalue weighted by molar-refractivity contribution is -0.148. The van der Waals surface area contributed by atoms with Gasteiger partial charge in [-0.3, -0.25) is 19.3 Å². The Bertz CT molecular complexity index is 670. The number of fused-ring (bicyclic) bond motifs is 1. The van der Waals surface area contributed by atoms with Gasteiger partial charge in [0.2, 0.25) is 17.7 Å². The third-order valence-corrected chi connectivity index (χ3v) is 7.03. The molecule has 5 nitrogen and oxygen atoms in total. The molecule has 8 heteroatoms. The minimum absolute atomic E-state index is 0.153. The average molecular weight is 415 g/mol. The molecule has 1 saturated heterocycles. The second-order valence-corrected chi connectivity index (χ2v) is 9.55. The number of nitrogens with zero attached hydrogens (tertiary/aromatic N) is 1. The van der Waals surface area contributed by atoms with E-state index in [4.69, 9.17) is 11.6 Å². The lowest BCUT2D eigenvalue weighted by atomic mass is 9.81. The van der Waals surface area contributed by atoms with Gasteiger partial charge in [0.1, 0.15) is 6.04 Å². The smallest absolute Gasteiger partial charge is 0.243 e. The van der Waals surface area contributed by atoms with Crippen molar-refractivity contribution in [3.8, 4) is 0 Å². The third-order valence-electron chi connectivity index (χ3n) is 5.15. The summed E-state index contributed by atoms with van der Waals surface area (Å²) in [5.74, 6) is -0.298. The summed E-state index contributed by atoms with van der Waals surface area (Å²) < 4.78 is 0.669. The Morgan fingerprint density at radius 1 is 1.31 bits per heavy atom. The van der Waals surface area contributed by atoms with E-state index in [2.05, 4.69) is 5.32 Å². The van der Waals surface area contributed by atoms with Crippen LogP contribution in [0.5, 0.6) is 0 Å². The van der Waals surface area contributed by atoms with Crippen molar-refractivity contribution < 1.29 is 14.4 Å². The Morgan fingerprint density at radius 2 is 1.96 bits per heavy atom. The van der Waals surface area contributed by atoms with Gasteiger partial charge in [-0.2, -0.15) is 11.8 Å². The van der Waals surface area contributed by atoms with Crippen LogP contribution in [-0.4, -0.2) is 40.7 Å². The number of hydrogen-bond acceptors (Lipinski definition) is 5. The fourth-order valence-electron chi connectivity index (χ4n) is 3.84. The number of thiophene rings is 1. The van der Waals surface area contributed by atoms with Crippen molar-refractivity contribution in [1.82, 2.24) is 10.2 Å². The van der Waals surface area contributed by atoms with Gasteiger partial charge in [-0.25, -0.2) is 0 Å². The predicted molar refractivity (Wildman–Crippen MR) is 105 cm³/mol. The van der Waals surface area contributed by atoms with Gasteiger partial charge in [-0.1, -0.05) is 24.4 Å². The van der Waals surface area contributed by atoms with Crippen LogP contribution in [0.25, 0.3) is 0 Å². The topological polar surface area (TPSA) is 66.5 Å². The van der Waals surface area contributed by atoms with Gasteiger partial charge in [-0.15, -0.1) is 11.3 Å². The Kier molecular flexibility index (Phi) is 6.64. The Balaban J connectivity index is 1.73. The van der Waals surface area contributed by atoms with Gasteiger partial charge in [0.25, 0.3) is 0 Å². The number of thioether (sulfide) groups is 1. The van der Waals surface area contributed by atoms with Crippen molar-refractivity contribution in [2.24, 2.45) is 11.8 Å². The van der Waals surface area contributed by atoms with Crippen LogP contribution in [0, 0.1) is 11.8 Å². The molecule has 3 amide bonds. The maximum absolute atomic E-state index is 12.8. The summed E-state index contributed by atoms with van der Waals surface area (Å²) in [7, 11) is 0. The number of imide groups is 1. The average Bonchev–Trinajstić information content (AvgIpc) is 3.17. The molecule has 3 unspecified atom stereocenters. The third kappa shape index (κ3) is 4.10. The zero-order chi connectivity index (χ0) is 18.7. The molecule has 0 radical (unpaired) electrons. The number of carbonyl (C=O) groups is 3. The first-order chi connectivity index (χ1) is 12.5. The predicted octanol–water partition coefficient (Wildman–Crippen LogP) is 3.31. The SMILES string of the molecule is CSCCC(C(=O)NCc1ccc(Cl)s1)N1C(=O)C2CCCCC2C1=O. The van der Waals surface area contributed by atoms with E-state index < -0.39 is 6.04 Å². The number of amides is 3. The Hall–Kier alpha value is -1.05. The van der Waals surface area contributed by atoms with Crippen molar-refractivity contribution in [2.45, 2.75) is 44.7 Å². The first-order valence-electron chi connectivity index (χ1n) is 8.90. The molecule has 2 aliphatic rings. The standard InChI is InChI=1S/C18H23ClN2O3S2/c1-25-9-8-14(16(22)20-10-11-6-7-15(19)26-11)21-17(23)12-4-2-3-5-13(12)18(21)24/h6-7,12-14H,2-5,8-10H2,1H3,(H,20,22). The van der Waals surface area contributed by atoms with E-state index >= 15 is 0 Å². The van der Waals surface area contributed by atoms with Crippen LogP contribution in [0.2, 0.25) is 4.34 Å². The van der Waals surface area contributed by atoms with Gasteiger partial charge >= 0.3 is 0 Å². The zero-order valence-electron chi connectivity index (χ0n) is 14.7. The quantitative estimate of drug-likeness (QED) is 0.695. The molecule has 26 heavy (non-hydrogen) atoms. The normalized spacial score (nSPS) is 23.8. The van der Waals surface area contributed by atoms with Crippen molar-refractivity contribution in [2.75, 3.05) is 12.0 Å². The van der Waals surface area contributed by atoms with Gasteiger partial charge in [0.15, 0.2) is 0 Å². The highest BCUT2D eigenvalue weighted by molar-refractivity contribution is 7.98. The molecule has 2 heterocycles. The summed E-state index contributed by atoms with van der Waals surface area (Å²) in [5.41, 5.74) is 0. The number of carbonyl (C=O) groups excluding carboxylic acids is 3. The van der Waals surface area contributed by atoms with E-state index in [9.17, 15) is 14.4 Å². The van der Waals surface area contributed by atoms with E-state index in [1.807, 2.05) is 12.3 Å². The van der Waals surface area contributed by atoms with E-state index in [0.29, 0.717) is 17.3 Å². The molecule has 1 aliphatic carbocycles. The van der Waals surface area contributed by atoms with E-state index in [1.165, 1.54) is 16.2 Å². The van der Waals surface area contributed by atoms with Crippen LogP contribution in [-0.2, 0) is 20.9 Å². The van der Waals surface area contributed by atoms with Crippen molar-refractivity contribution in [3.05, 3.63) is 21.3 Å². The molecule has 0 aromatic carbocycles. The summed E-state index contributed by atoms with van der Waals surface area (Å²) in [6.07, 6.45) is 5.92. The highest BCUT2D eigenvalue weighted by Crippen LogP contribution is 2.39. The molecule has 0 bridgehead atoms. The Morgan fingerprint density at radius 3 is 2.50 bits per heavy atom.